The summed E-state index contributed by atoms with van der Waals surface area (Å²) in [4.78, 5) is 18.7. The average molecular weight is 309 g/mol. The number of hydrogen-bond acceptors (Lipinski definition) is 4. The number of aromatic nitrogens is 2. The molecule has 1 aromatic carbocycles. The first-order valence-electron chi connectivity index (χ1n) is 7.56. The summed E-state index contributed by atoms with van der Waals surface area (Å²) in [6, 6.07) is 16.9. The van der Waals surface area contributed by atoms with Crippen molar-refractivity contribution in [1.29, 1.82) is 0 Å². The van der Waals surface area contributed by atoms with E-state index in [1.807, 2.05) is 55.6 Å². The molecule has 0 unspecified atom stereocenters. The molecule has 5 nitrogen and oxygen atoms in total. The lowest BCUT2D eigenvalue weighted by Crippen LogP contribution is -2.26. The summed E-state index contributed by atoms with van der Waals surface area (Å²) in [7, 11) is 1.99. The zero-order chi connectivity index (χ0) is 16.1. The van der Waals surface area contributed by atoms with Crippen LogP contribution in [0.4, 0.5) is 0 Å². The van der Waals surface area contributed by atoms with Gasteiger partial charge in [-0.25, -0.2) is 4.98 Å². The van der Waals surface area contributed by atoms with E-state index in [1.165, 1.54) is 0 Å². The van der Waals surface area contributed by atoms with Crippen molar-refractivity contribution < 1.29 is 4.74 Å². The Labute approximate surface area is 134 Å². The van der Waals surface area contributed by atoms with Gasteiger partial charge in [-0.1, -0.05) is 24.3 Å². The molecule has 0 radical (unpaired) electrons. The summed E-state index contributed by atoms with van der Waals surface area (Å²) in [5, 5.41) is 0. The molecule has 5 heteroatoms. The van der Waals surface area contributed by atoms with E-state index in [0.717, 1.165) is 18.0 Å². The fourth-order valence-corrected chi connectivity index (χ4v) is 2.38. The first kappa shape index (κ1) is 15.2. The number of fused-ring (bicyclic) bond motifs is 1. The summed E-state index contributed by atoms with van der Waals surface area (Å²) in [5.41, 5.74) is 1.38. The predicted octanol–water partition coefficient (Wildman–Crippen LogP) is 2.21. The van der Waals surface area contributed by atoms with Crippen molar-refractivity contribution in [3.63, 3.8) is 0 Å². The van der Waals surface area contributed by atoms with Gasteiger partial charge in [-0.2, -0.15) is 0 Å². The van der Waals surface area contributed by atoms with Crippen molar-refractivity contribution in [2.75, 3.05) is 20.2 Å². The van der Waals surface area contributed by atoms with Crippen LogP contribution >= 0.6 is 0 Å². The van der Waals surface area contributed by atoms with Gasteiger partial charge < -0.3 is 4.74 Å². The Kier molecular flexibility index (Phi) is 4.68. The van der Waals surface area contributed by atoms with Gasteiger partial charge in [-0.15, -0.1) is 0 Å². The Morgan fingerprint density at radius 1 is 1.13 bits per heavy atom. The normalized spacial score (nSPS) is 11.0. The summed E-state index contributed by atoms with van der Waals surface area (Å²) in [6.07, 6.45) is 1.73. The zero-order valence-electron chi connectivity index (χ0n) is 13.1. The number of pyridine rings is 1. The van der Waals surface area contributed by atoms with Crippen molar-refractivity contribution in [2.24, 2.45) is 0 Å². The lowest BCUT2D eigenvalue weighted by Gasteiger charge is -2.16. The summed E-state index contributed by atoms with van der Waals surface area (Å²) in [5.74, 6) is 0.864. The second-order valence-electron chi connectivity index (χ2n) is 5.41. The second kappa shape index (κ2) is 7.07. The highest BCUT2D eigenvalue weighted by Gasteiger charge is 2.05. The van der Waals surface area contributed by atoms with Gasteiger partial charge in [0.05, 0.1) is 5.69 Å². The van der Waals surface area contributed by atoms with Crippen LogP contribution < -0.4 is 10.3 Å². The van der Waals surface area contributed by atoms with Gasteiger partial charge in [0.25, 0.3) is 5.56 Å². The minimum Gasteiger partial charge on any atom is -0.492 e. The fraction of sp³-hybridized carbons (Fsp3) is 0.222. The average Bonchev–Trinajstić information content (AvgIpc) is 2.56. The molecular weight excluding hydrogens is 290 g/mol. The van der Waals surface area contributed by atoms with Crippen molar-refractivity contribution in [2.45, 2.75) is 6.54 Å². The Hall–Kier alpha value is -2.66. The third kappa shape index (κ3) is 3.96. The van der Waals surface area contributed by atoms with Crippen LogP contribution in [0.15, 0.2) is 65.6 Å². The Bertz CT molecular complexity index is 830. The highest BCUT2D eigenvalue weighted by Crippen LogP contribution is 2.08. The molecule has 3 aromatic rings. The van der Waals surface area contributed by atoms with Crippen molar-refractivity contribution in [1.82, 2.24) is 14.3 Å². The molecule has 0 aliphatic heterocycles. The first-order valence-corrected chi connectivity index (χ1v) is 7.56. The molecule has 0 aliphatic carbocycles. The van der Waals surface area contributed by atoms with Crippen LogP contribution in [-0.2, 0) is 6.54 Å². The summed E-state index contributed by atoms with van der Waals surface area (Å²) < 4.78 is 7.22. The van der Waals surface area contributed by atoms with Crippen LogP contribution in [0.2, 0.25) is 0 Å². The van der Waals surface area contributed by atoms with Crippen LogP contribution in [0.25, 0.3) is 5.65 Å². The molecule has 2 heterocycles. The van der Waals surface area contributed by atoms with Gasteiger partial charge in [0.15, 0.2) is 0 Å². The van der Waals surface area contributed by atoms with Gasteiger partial charge >= 0.3 is 0 Å². The predicted molar refractivity (Wildman–Crippen MR) is 89.7 cm³/mol. The van der Waals surface area contributed by atoms with E-state index in [0.29, 0.717) is 18.8 Å². The molecule has 0 amide bonds. The van der Waals surface area contributed by atoms with Crippen LogP contribution in [0, 0.1) is 0 Å². The second-order valence-corrected chi connectivity index (χ2v) is 5.41. The molecule has 0 bridgehead atoms. The third-order valence-corrected chi connectivity index (χ3v) is 3.54. The molecule has 0 fully saturated rings. The molecule has 118 valence electrons. The van der Waals surface area contributed by atoms with Gasteiger partial charge in [-0.3, -0.25) is 14.1 Å². The quantitative estimate of drug-likeness (QED) is 0.700. The highest BCUT2D eigenvalue weighted by atomic mass is 16.5. The van der Waals surface area contributed by atoms with Crippen LogP contribution in [-0.4, -0.2) is 34.5 Å². The van der Waals surface area contributed by atoms with Crippen molar-refractivity contribution in [3.05, 3.63) is 76.8 Å². The number of hydrogen-bond donors (Lipinski definition) is 0. The Morgan fingerprint density at radius 3 is 2.74 bits per heavy atom. The van der Waals surface area contributed by atoms with E-state index < -0.39 is 0 Å². The molecule has 0 atom stereocenters. The monoisotopic (exact) mass is 309 g/mol. The Morgan fingerprint density at radius 2 is 1.91 bits per heavy atom. The molecule has 0 spiro atoms. The number of likely N-dealkylation sites (N-methyl/N-ethyl adjacent to an activating group) is 1. The van der Waals surface area contributed by atoms with Crippen LogP contribution in [0.3, 0.4) is 0 Å². The zero-order valence-corrected chi connectivity index (χ0v) is 13.1. The standard InChI is InChI=1S/C18H19N3O2/c1-20(11-12-23-16-7-3-2-4-8-16)14-15-13-18(22)21-10-6-5-9-17(21)19-15/h2-10,13H,11-12,14H2,1H3. The van der Waals surface area contributed by atoms with E-state index in [-0.39, 0.29) is 5.56 Å². The highest BCUT2D eigenvalue weighted by molar-refractivity contribution is 5.37. The van der Waals surface area contributed by atoms with Gasteiger partial charge in [0.1, 0.15) is 18.0 Å². The molecule has 0 saturated carbocycles. The van der Waals surface area contributed by atoms with E-state index in [9.17, 15) is 4.79 Å². The number of ether oxygens (including phenoxy) is 1. The Balaban J connectivity index is 1.59. The van der Waals surface area contributed by atoms with E-state index in [2.05, 4.69) is 9.88 Å². The van der Waals surface area contributed by atoms with Gasteiger partial charge in [0, 0.05) is 25.4 Å². The molecule has 0 N–H and O–H groups in total. The number of benzene rings is 1. The molecule has 0 aliphatic rings. The lowest BCUT2D eigenvalue weighted by atomic mass is 10.3. The molecule has 0 saturated heterocycles. The maximum Gasteiger partial charge on any atom is 0.258 e. The van der Waals surface area contributed by atoms with Crippen molar-refractivity contribution >= 4 is 5.65 Å². The molecule has 3 rings (SSSR count). The van der Waals surface area contributed by atoms with E-state index in [4.69, 9.17) is 4.74 Å². The maximum atomic E-state index is 12.1. The molecule has 23 heavy (non-hydrogen) atoms. The van der Waals surface area contributed by atoms with Crippen LogP contribution in [0.5, 0.6) is 5.75 Å². The van der Waals surface area contributed by atoms with Crippen LogP contribution in [0.1, 0.15) is 5.69 Å². The SMILES string of the molecule is CN(CCOc1ccccc1)Cc1cc(=O)n2ccccc2n1. The molecular formula is C18H19N3O2. The summed E-state index contributed by atoms with van der Waals surface area (Å²) in [6.45, 7) is 1.95. The van der Waals surface area contributed by atoms with E-state index >= 15 is 0 Å². The lowest BCUT2D eigenvalue weighted by molar-refractivity contribution is 0.231. The topological polar surface area (TPSA) is 46.8 Å². The fourth-order valence-electron chi connectivity index (χ4n) is 2.38. The smallest absolute Gasteiger partial charge is 0.258 e. The largest absolute Gasteiger partial charge is 0.492 e. The number of para-hydroxylation sites is 1. The number of rotatable bonds is 6. The third-order valence-electron chi connectivity index (χ3n) is 3.54. The molecule has 2 aromatic heterocycles. The van der Waals surface area contributed by atoms with E-state index in [1.54, 1.807) is 16.7 Å². The van der Waals surface area contributed by atoms with Gasteiger partial charge in [-0.05, 0) is 31.3 Å². The number of nitrogens with zero attached hydrogens (tertiary/aromatic N) is 3. The minimum absolute atomic E-state index is 0.0560. The minimum atomic E-state index is -0.0560. The first-order chi connectivity index (χ1) is 11.2. The van der Waals surface area contributed by atoms with Crippen molar-refractivity contribution in [3.8, 4) is 5.75 Å². The summed E-state index contributed by atoms with van der Waals surface area (Å²) >= 11 is 0. The maximum absolute atomic E-state index is 12.1. The van der Waals surface area contributed by atoms with Gasteiger partial charge in [0.2, 0.25) is 0 Å².